The van der Waals surface area contributed by atoms with E-state index in [1.54, 1.807) is 20.3 Å². The number of benzene rings is 3. The molecular formula is C28H30N2O3. The van der Waals surface area contributed by atoms with E-state index < -0.39 is 0 Å². The molecule has 4 aromatic rings. The van der Waals surface area contributed by atoms with E-state index in [-0.39, 0.29) is 5.43 Å². The number of hydrogen-bond donors (Lipinski definition) is 1. The lowest BCUT2D eigenvalue weighted by molar-refractivity contribution is 0.244. The molecule has 1 N–H and O–H groups in total. The van der Waals surface area contributed by atoms with Gasteiger partial charge in [0.15, 0.2) is 16.9 Å². The summed E-state index contributed by atoms with van der Waals surface area (Å²) in [5.74, 6) is 1.42. The second-order valence-electron chi connectivity index (χ2n) is 8.48. The van der Waals surface area contributed by atoms with Crippen LogP contribution in [0, 0.1) is 13.8 Å². The molecule has 33 heavy (non-hydrogen) atoms. The van der Waals surface area contributed by atoms with Crippen LogP contribution < -0.4 is 14.9 Å². The first-order valence-corrected chi connectivity index (χ1v) is 11.1. The Morgan fingerprint density at radius 3 is 2.24 bits per heavy atom. The largest absolute Gasteiger partial charge is 0.493 e. The Balaban J connectivity index is 1.67. The first-order chi connectivity index (χ1) is 16.0. The van der Waals surface area contributed by atoms with Crippen LogP contribution in [0.2, 0.25) is 0 Å². The summed E-state index contributed by atoms with van der Waals surface area (Å²) >= 11 is 0. The van der Waals surface area contributed by atoms with Crippen molar-refractivity contribution in [3.05, 3.63) is 105 Å². The topological polar surface area (TPSA) is 54.6 Å². The number of H-pyrrole nitrogens is 1. The van der Waals surface area contributed by atoms with Crippen LogP contribution in [0.5, 0.6) is 11.5 Å². The van der Waals surface area contributed by atoms with Crippen molar-refractivity contribution in [2.75, 3.05) is 14.2 Å². The normalized spacial score (nSPS) is 11.2. The van der Waals surface area contributed by atoms with Crippen molar-refractivity contribution in [3.8, 4) is 11.5 Å². The second kappa shape index (κ2) is 9.92. The highest BCUT2D eigenvalue weighted by atomic mass is 16.5. The van der Waals surface area contributed by atoms with Crippen LogP contribution >= 0.6 is 0 Å². The monoisotopic (exact) mass is 442 g/mol. The Morgan fingerprint density at radius 1 is 0.788 bits per heavy atom. The van der Waals surface area contributed by atoms with Crippen LogP contribution in [0.4, 0.5) is 0 Å². The molecule has 0 saturated carbocycles. The van der Waals surface area contributed by atoms with E-state index in [2.05, 4.69) is 34.1 Å². The number of hydrogen-bond acceptors (Lipinski definition) is 4. The van der Waals surface area contributed by atoms with Gasteiger partial charge in [0.25, 0.3) is 0 Å². The molecule has 4 rings (SSSR count). The second-order valence-corrected chi connectivity index (χ2v) is 8.48. The number of pyridine rings is 1. The number of aryl methyl sites for hydroxylation is 2. The van der Waals surface area contributed by atoms with E-state index in [1.807, 2.05) is 50.2 Å². The SMILES string of the molecule is COc1ccc(CN(Cc2ccccc2)Cc2cc(=O)c3cc(C)cc(C)c3[nH]2)cc1OC. The van der Waals surface area contributed by atoms with Crippen molar-refractivity contribution in [1.82, 2.24) is 9.88 Å². The van der Waals surface area contributed by atoms with Crippen molar-refractivity contribution in [2.45, 2.75) is 33.5 Å². The molecule has 0 spiro atoms. The molecule has 1 aromatic heterocycles. The molecule has 1 heterocycles. The van der Waals surface area contributed by atoms with Crippen molar-refractivity contribution in [3.63, 3.8) is 0 Å². The highest BCUT2D eigenvalue weighted by molar-refractivity contribution is 5.82. The van der Waals surface area contributed by atoms with Crippen LogP contribution in [0.1, 0.15) is 27.9 Å². The molecule has 170 valence electrons. The van der Waals surface area contributed by atoms with E-state index in [0.29, 0.717) is 24.6 Å². The van der Waals surface area contributed by atoms with E-state index in [0.717, 1.165) is 39.8 Å². The van der Waals surface area contributed by atoms with Gasteiger partial charge in [-0.1, -0.05) is 42.5 Å². The molecule has 0 unspecified atom stereocenters. The minimum atomic E-state index is 0.0522. The van der Waals surface area contributed by atoms with Gasteiger partial charge in [0, 0.05) is 36.8 Å². The summed E-state index contributed by atoms with van der Waals surface area (Å²) in [4.78, 5) is 18.7. The maximum absolute atomic E-state index is 12.9. The third-order valence-electron chi connectivity index (χ3n) is 5.83. The standard InChI is InChI=1S/C28H30N2O3/c1-19-12-20(2)28-24(13-19)25(31)15-23(29-28)18-30(16-21-8-6-5-7-9-21)17-22-10-11-26(32-3)27(14-22)33-4/h5-15H,16-18H2,1-4H3,(H,29,31). The third-order valence-corrected chi connectivity index (χ3v) is 5.83. The smallest absolute Gasteiger partial charge is 0.189 e. The van der Waals surface area contributed by atoms with E-state index >= 15 is 0 Å². The Labute approximate surface area is 194 Å². The first kappa shape index (κ1) is 22.6. The zero-order chi connectivity index (χ0) is 23.4. The summed E-state index contributed by atoms with van der Waals surface area (Å²) in [5.41, 5.74) is 6.36. The molecule has 5 nitrogen and oxygen atoms in total. The van der Waals surface area contributed by atoms with E-state index in [9.17, 15) is 4.79 Å². The number of ether oxygens (including phenoxy) is 2. The van der Waals surface area contributed by atoms with Crippen molar-refractivity contribution in [1.29, 1.82) is 0 Å². The average molecular weight is 443 g/mol. The molecule has 0 fully saturated rings. The van der Waals surface area contributed by atoms with Crippen molar-refractivity contribution < 1.29 is 9.47 Å². The van der Waals surface area contributed by atoms with Gasteiger partial charge < -0.3 is 14.5 Å². The van der Waals surface area contributed by atoms with Gasteiger partial charge in [0.05, 0.1) is 19.7 Å². The van der Waals surface area contributed by atoms with Gasteiger partial charge in [0.2, 0.25) is 0 Å². The number of aromatic nitrogens is 1. The van der Waals surface area contributed by atoms with Crippen LogP contribution in [0.15, 0.2) is 71.5 Å². The number of nitrogens with zero attached hydrogens (tertiary/aromatic N) is 1. The van der Waals surface area contributed by atoms with Gasteiger partial charge in [-0.15, -0.1) is 0 Å². The van der Waals surface area contributed by atoms with Crippen LogP contribution in [-0.4, -0.2) is 24.1 Å². The molecule has 5 heteroatoms. The number of methoxy groups -OCH3 is 2. The van der Waals surface area contributed by atoms with Gasteiger partial charge >= 0.3 is 0 Å². The molecule has 0 radical (unpaired) electrons. The van der Waals surface area contributed by atoms with Gasteiger partial charge in [-0.2, -0.15) is 0 Å². The summed E-state index contributed by atoms with van der Waals surface area (Å²) in [6.45, 7) is 6.12. The summed E-state index contributed by atoms with van der Waals surface area (Å²) in [7, 11) is 3.28. The van der Waals surface area contributed by atoms with Gasteiger partial charge in [-0.25, -0.2) is 0 Å². The van der Waals surface area contributed by atoms with Crippen LogP contribution in [0.3, 0.4) is 0 Å². The number of rotatable bonds is 8. The fraction of sp³-hybridized carbons (Fsp3) is 0.250. The molecule has 0 bridgehead atoms. The predicted molar refractivity (Wildman–Crippen MR) is 133 cm³/mol. The van der Waals surface area contributed by atoms with Gasteiger partial charge in [0.1, 0.15) is 0 Å². The molecule has 3 aromatic carbocycles. The molecule has 0 saturated heterocycles. The Hall–Kier alpha value is -3.57. The van der Waals surface area contributed by atoms with E-state index in [4.69, 9.17) is 9.47 Å². The molecule has 0 atom stereocenters. The lowest BCUT2D eigenvalue weighted by Gasteiger charge is -2.23. The molecule has 0 aliphatic carbocycles. The van der Waals surface area contributed by atoms with Crippen LogP contribution in [-0.2, 0) is 19.6 Å². The lowest BCUT2D eigenvalue weighted by Crippen LogP contribution is -2.24. The summed E-state index contributed by atoms with van der Waals surface area (Å²) in [6, 6.07) is 22.1. The quantitative estimate of drug-likeness (QED) is 0.399. The summed E-state index contributed by atoms with van der Waals surface area (Å²) in [6.07, 6.45) is 0. The fourth-order valence-corrected chi connectivity index (χ4v) is 4.33. The van der Waals surface area contributed by atoms with Crippen molar-refractivity contribution >= 4 is 10.9 Å². The minimum Gasteiger partial charge on any atom is -0.493 e. The van der Waals surface area contributed by atoms with E-state index in [1.165, 1.54) is 5.56 Å². The Kier molecular flexibility index (Phi) is 6.80. The third kappa shape index (κ3) is 5.26. The molecule has 0 aliphatic heterocycles. The first-order valence-electron chi connectivity index (χ1n) is 11.1. The maximum Gasteiger partial charge on any atom is 0.189 e. The number of aromatic amines is 1. The fourth-order valence-electron chi connectivity index (χ4n) is 4.33. The van der Waals surface area contributed by atoms with Crippen LogP contribution in [0.25, 0.3) is 10.9 Å². The molecular weight excluding hydrogens is 412 g/mol. The summed E-state index contributed by atoms with van der Waals surface area (Å²) in [5, 5.41) is 0.741. The zero-order valence-corrected chi connectivity index (χ0v) is 19.6. The number of nitrogens with one attached hydrogen (secondary N) is 1. The minimum absolute atomic E-state index is 0.0522. The summed E-state index contributed by atoms with van der Waals surface area (Å²) < 4.78 is 10.9. The lowest BCUT2D eigenvalue weighted by atomic mass is 10.1. The highest BCUT2D eigenvalue weighted by Crippen LogP contribution is 2.28. The molecule has 0 amide bonds. The average Bonchev–Trinajstić information content (AvgIpc) is 2.80. The Bertz CT molecular complexity index is 1310. The maximum atomic E-state index is 12.9. The Morgan fingerprint density at radius 2 is 1.52 bits per heavy atom. The zero-order valence-electron chi connectivity index (χ0n) is 19.6. The van der Waals surface area contributed by atoms with Crippen molar-refractivity contribution in [2.24, 2.45) is 0 Å². The predicted octanol–water partition coefficient (Wildman–Crippen LogP) is 5.36. The highest BCUT2D eigenvalue weighted by Gasteiger charge is 2.13. The van der Waals surface area contributed by atoms with Gasteiger partial charge in [-0.3, -0.25) is 9.69 Å². The number of fused-ring (bicyclic) bond motifs is 1. The molecule has 0 aliphatic rings. The van der Waals surface area contributed by atoms with Gasteiger partial charge in [-0.05, 0) is 54.3 Å².